The van der Waals surface area contributed by atoms with Crippen LogP contribution in [0.3, 0.4) is 0 Å². The lowest BCUT2D eigenvalue weighted by atomic mass is 10.0. The lowest BCUT2D eigenvalue weighted by molar-refractivity contribution is -0.157. The first-order valence-electron chi connectivity index (χ1n) is 7.53. The Hall–Kier alpha value is -1.11. The number of carboxylic acids is 1. The zero-order valence-electron chi connectivity index (χ0n) is 13.3. The second-order valence-electron chi connectivity index (χ2n) is 5.81. The molecule has 0 saturated carbocycles. The molecule has 4 nitrogen and oxygen atoms in total. The quantitative estimate of drug-likeness (QED) is 0.645. The lowest BCUT2D eigenvalue weighted by Crippen LogP contribution is -2.29. The van der Waals surface area contributed by atoms with Gasteiger partial charge in [0.2, 0.25) is 5.79 Å². The van der Waals surface area contributed by atoms with Crippen LogP contribution in [0.25, 0.3) is 0 Å². The van der Waals surface area contributed by atoms with Crippen molar-refractivity contribution in [1.82, 2.24) is 0 Å². The van der Waals surface area contributed by atoms with Gasteiger partial charge in [-0.2, -0.15) is 0 Å². The number of ether oxygens (including phenoxy) is 2. The highest BCUT2D eigenvalue weighted by Gasteiger charge is 2.44. The summed E-state index contributed by atoms with van der Waals surface area (Å²) in [4.78, 5) is 11.2. The van der Waals surface area contributed by atoms with Crippen molar-refractivity contribution in [3.05, 3.63) is 68.7 Å². The van der Waals surface area contributed by atoms with Crippen molar-refractivity contribution in [2.24, 2.45) is 0 Å². The van der Waals surface area contributed by atoms with Gasteiger partial charge >= 0.3 is 5.97 Å². The van der Waals surface area contributed by atoms with Gasteiger partial charge < -0.3 is 14.6 Å². The van der Waals surface area contributed by atoms with Crippen LogP contribution in [0.4, 0.5) is 0 Å². The first kappa shape index (κ1) is 18.7. The molecule has 1 fully saturated rings. The zero-order chi connectivity index (χ0) is 18.2. The molecule has 0 aromatic heterocycles. The molecule has 0 aliphatic carbocycles. The van der Waals surface area contributed by atoms with Gasteiger partial charge in [-0.3, -0.25) is 0 Å². The van der Waals surface area contributed by atoms with Gasteiger partial charge in [0.15, 0.2) is 0 Å². The number of alkyl halides is 1. The SMILES string of the molecule is Cc1cc([C@@H]2CO[C@](CBr)(c3ccc(Cl)cc3Cl)O2)ccc1C(=O)O. The van der Waals surface area contributed by atoms with Crippen LogP contribution < -0.4 is 0 Å². The molecule has 0 spiro atoms. The number of carbonyl (C=O) groups is 1. The number of halogens is 3. The molecule has 7 heteroatoms. The molecule has 0 amide bonds. The van der Waals surface area contributed by atoms with Gasteiger partial charge in [0.25, 0.3) is 0 Å². The average molecular weight is 446 g/mol. The molecule has 132 valence electrons. The smallest absolute Gasteiger partial charge is 0.335 e. The predicted octanol–water partition coefficient (Wildman–Crippen LogP) is 5.34. The highest BCUT2D eigenvalue weighted by molar-refractivity contribution is 9.09. The van der Waals surface area contributed by atoms with Crippen molar-refractivity contribution < 1.29 is 19.4 Å². The van der Waals surface area contributed by atoms with Crippen molar-refractivity contribution in [1.29, 1.82) is 0 Å². The maximum absolute atomic E-state index is 11.2. The number of carboxylic acid groups (broad SMARTS) is 1. The second kappa shape index (κ2) is 7.25. The monoisotopic (exact) mass is 444 g/mol. The van der Waals surface area contributed by atoms with Gasteiger partial charge in [-0.05, 0) is 36.2 Å². The van der Waals surface area contributed by atoms with Crippen LogP contribution in [0.5, 0.6) is 0 Å². The van der Waals surface area contributed by atoms with Crippen LogP contribution in [0.1, 0.15) is 33.2 Å². The number of benzene rings is 2. The Bertz CT molecular complexity index is 827. The minimum absolute atomic E-state index is 0.273. The highest BCUT2D eigenvalue weighted by atomic mass is 79.9. The minimum atomic E-state index is -1.02. The first-order valence-corrected chi connectivity index (χ1v) is 9.41. The summed E-state index contributed by atoms with van der Waals surface area (Å²) in [5.74, 6) is -1.97. The Labute approximate surface area is 163 Å². The van der Waals surface area contributed by atoms with E-state index in [2.05, 4.69) is 15.9 Å². The molecule has 1 heterocycles. The van der Waals surface area contributed by atoms with E-state index in [0.29, 0.717) is 33.1 Å². The van der Waals surface area contributed by atoms with Crippen molar-refractivity contribution in [2.45, 2.75) is 18.8 Å². The van der Waals surface area contributed by atoms with Gasteiger partial charge in [-0.15, -0.1) is 0 Å². The van der Waals surface area contributed by atoms with Gasteiger partial charge in [-0.25, -0.2) is 4.79 Å². The molecule has 0 radical (unpaired) electrons. The molecule has 1 aliphatic heterocycles. The van der Waals surface area contributed by atoms with Crippen LogP contribution in [0.2, 0.25) is 10.0 Å². The van der Waals surface area contributed by atoms with E-state index in [0.717, 1.165) is 5.56 Å². The summed E-state index contributed by atoms with van der Waals surface area (Å²) in [6.45, 7) is 2.09. The minimum Gasteiger partial charge on any atom is -0.478 e. The molecule has 3 rings (SSSR count). The van der Waals surface area contributed by atoms with E-state index in [9.17, 15) is 4.79 Å². The zero-order valence-corrected chi connectivity index (χ0v) is 16.4. The fourth-order valence-corrected chi connectivity index (χ4v) is 4.03. The van der Waals surface area contributed by atoms with E-state index in [-0.39, 0.29) is 11.7 Å². The topological polar surface area (TPSA) is 55.8 Å². The fourth-order valence-electron chi connectivity index (χ4n) is 2.88. The van der Waals surface area contributed by atoms with E-state index in [4.69, 9.17) is 37.8 Å². The van der Waals surface area contributed by atoms with Crippen LogP contribution in [0, 0.1) is 6.92 Å². The van der Waals surface area contributed by atoms with Gasteiger partial charge in [-0.1, -0.05) is 57.3 Å². The molecule has 0 bridgehead atoms. The summed E-state index contributed by atoms with van der Waals surface area (Å²) >= 11 is 15.7. The molecule has 1 aliphatic rings. The molecular formula is C18H15BrCl2O4. The number of hydrogen-bond acceptors (Lipinski definition) is 3. The van der Waals surface area contributed by atoms with Crippen LogP contribution >= 0.6 is 39.1 Å². The predicted molar refractivity (Wildman–Crippen MR) is 99.9 cm³/mol. The summed E-state index contributed by atoms with van der Waals surface area (Å²) in [6.07, 6.45) is -0.328. The Morgan fingerprint density at radius 3 is 2.68 bits per heavy atom. The summed E-state index contributed by atoms with van der Waals surface area (Å²) in [5, 5.41) is 10.5. The highest BCUT2D eigenvalue weighted by Crippen LogP contribution is 2.44. The standard InChI is InChI=1S/C18H15BrCl2O4/c1-10-6-11(2-4-13(10)17(22)23)16-8-24-18(9-19,25-16)14-5-3-12(20)7-15(14)21/h2-7,16H,8-9H2,1H3,(H,22,23)/t16-,18-/m0/s1. The largest absolute Gasteiger partial charge is 0.478 e. The van der Waals surface area contributed by atoms with Crippen LogP contribution in [0.15, 0.2) is 36.4 Å². The van der Waals surface area contributed by atoms with Crippen molar-refractivity contribution >= 4 is 45.1 Å². The Morgan fingerprint density at radius 1 is 1.32 bits per heavy atom. The fraction of sp³-hybridized carbons (Fsp3) is 0.278. The molecule has 1 N–H and O–H groups in total. The molecule has 1 saturated heterocycles. The Morgan fingerprint density at radius 2 is 2.08 bits per heavy atom. The Kier molecular flexibility index (Phi) is 5.42. The number of hydrogen-bond donors (Lipinski definition) is 1. The molecule has 2 aromatic rings. The Balaban J connectivity index is 1.91. The lowest BCUT2D eigenvalue weighted by Gasteiger charge is -2.27. The normalized spacial score (nSPS) is 23.0. The molecule has 0 unspecified atom stereocenters. The van der Waals surface area contributed by atoms with E-state index >= 15 is 0 Å². The molecule has 2 atom stereocenters. The van der Waals surface area contributed by atoms with Gasteiger partial charge in [0.05, 0.1) is 22.5 Å². The summed E-state index contributed by atoms with van der Waals surface area (Å²) in [5.41, 5.74) is 2.50. The van der Waals surface area contributed by atoms with E-state index in [1.165, 1.54) is 0 Å². The van der Waals surface area contributed by atoms with Crippen molar-refractivity contribution in [3.63, 3.8) is 0 Å². The number of rotatable bonds is 4. The first-order chi connectivity index (χ1) is 11.9. The van der Waals surface area contributed by atoms with Crippen molar-refractivity contribution in [3.8, 4) is 0 Å². The van der Waals surface area contributed by atoms with Gasteiger partial charge in [0.1, 0.15) is 6.10 Å². The van der Waals surface area contributed by atoms with E-state index < -0.39 is 11.8 Å². The van der Waals surface area contributed by atoms with Gasteiger partial charge in [0, 0.05) is 10.6 Å². The van der Waals surface area contributed by atoms with E-state index in [1.807, 2.05) is 6.07 Å². The molecule has 25 heavy (non-hydrogen) atoms. The van der Waals surface area contributed by atoms with Crippen molar-refractivity contribution in [2.75, 3.05) is 11.9 Å². The third-order valence-corrected chi connectivity index (χ3v) is 5.46. The van der Waals surface area contributed by atoms with Crippen LogP contribution in [-0.4, -0.2) is 23.0 Å². The average Bonchev–Trinajstić information content (AvgIpc) is 3.00. The second-order valence-corrected chi connectivity index (χ2v) is 7.21. The third kappa shape index (κ3) is 3.57. The van der Waals surface area contributed by atoms with Crippen LogP contribution in [-0.2, 0) is 15.3 Å². The van der Waals surface area contributed by atoms with E-state index in [1.54, 1.807) is 37.3 Å². The summed E-state index contributed by atoms with van der Waals surface area (Å²) in [7, 11) is 0. The summed E-state index contributed by atoms with van der Waals surface area (Å²) in [6, 6.07) is 10.3. The number of aromatic carboxylic acids is 1. The maximum atomic E-state index is 11.2. The molecular weight excluding hydrogens is 431 g/mol. The summed E-state index contributed by atoms with van der Waals surface area (Å²) < 4.78 is 12.2. The maximum Gasteiger partial charge on any atom is 0.335 e. The molecule has 2 aromatic carbocycles. The number of aryl methyl sites for hydroxylation is 1. The third-order valence-electron chi connectivity index (χ3n) is 4.17.